The van der Waals surface area contributed by atoms with E-state index >= 15 is 0 Å². The van der Waals surface area contributed by atoms with Crippen LogP contribution >= 0.6 is 11.3 Å². The molecule has 1 aromatic heterocycles. The summed E-state index contributed by atoms with van der Waals surface area (Å²) in [5.74, 6) is 1.36. The summed E-state index contributed by atoms with van der Waals surface area (Å²) in [6, 6.07) is 22.2. The smallest absolute Gasteiger partial charge is 0.203 e. The molecule has 0 aliphatic carbocycles. The first-order valence-electron chi connectivity index (χ1n) is 10.3. The third kappa shape index (κ3) is 5.34. The number of anilines is 1. The van der Waals surface area contributed by atoms with E-state index in [2.05, 4.69) is 47.6 Å². The first-order valence-corrected chi connectivity index (χ1v) is 11.2. The van der Waals surface area contributed by atoms with Gasteiger partial charge >= 0.3 is 0 Å². The number of nitrogens with one attached hydrogen (secondary N) is 1. The molecule has 0 aliphatic rings. The van der Waals surface area contributed by atoms with Crippen molar-refractivity contribution in [3.63, 3.8) is 0 Å². The fourth-order valence-corrected chi connectivity index (χ4v) is 3.99. The van der Waals surface area contributed by atoms with Crippen LogP contribution in [0.4, 0.5) is 5.13 Å². The molecule has 32 heavy (non-hydrogen) atoms. The average molecular weight is 444 g/mol. The van der Waals surface area contributed by atoms with Gasteiger partial charge in [0, 0.05) is 10.9 Å². The van der Waals surface area contributed by atoms with E-state index in [0.717, 1.165) is 27.5 Å². The topological polar surface area (TPSA) is 55.7 Å². The van der Waals surface area contributed by atoms with E-state index in [4.69, 9.17) is 9.47 Å². The molecule has 5 nitrogen and oxygen atoms in total. The number of aryl methyl sites for hydroxylation is 2. The van der Waals surface area contributed by atoms with E-state index in [1.54, 1.807) is 13.3 Å². The van der Waals surface area contributed by atoms with Crippen molar-refractivity contribution in [1.29, 1.82) is 0 Å². The van der Waals surface area contributed by atoms with E-state index in [0.29, 0.717) is 18.1 Å². The predicted molar refractivity (Wildman–Crippen MR) is 132 cm³/mol. The molecule has 0 spiro atoms. The quantitative estimate of drug-likeness (QED) is 0.251. The lowest BCUT2D eigenvalue weighted by Gasteiger charge is -2.11. The van der Waals surface area contributed by atoms with Crippen LogP contribution in [-0.4, -0.2) is 18.3 Å². The summed E-state index contributed by atoms with van der Waals surface area (Å²) >= 11 is 1.53. The molecule has 6 heteroatoms. The third-order valence-corrected chi connectivity index (χ3v) is 5.71. The van der Waals surface area contributed by atoms with Gasteiger partial charge in [-0.25, -0.2) is 4.98 Å². The fourth-order valence-electron chi connectivity index (χ4n) is 3.33. The Labute approximate surface area is 192 Å². The van der Waals surface area contributed by atoms with Crippen LogP contribution in [0.3, 0.4) is 0 Å². The standard InChI is InChI=1S/C26H25N3O2S/c1-18-9-11-22(19(2)13-18)23-17-32-26(28-23)29-27-15-21-10-12-24(25(14-21)30-3)31-16-20-7-5-4-6-8-20/h4-15,17H,16H2,1-3H3,(H,28,29)/b27-15-. The molecular weight excluding hydrogens is 418 g/mol. The van der Waals surface area contributed by atoms with E-state index in [1.165, 1.54) is 22.5 Å². The Kier molecular flexibility index (Phi) is 6.82. The molecule has 0 bridgehead atoms. The number of rotatable bonds is 8. The minimum atomic E-state index is 0.485. The van der Waals surface area contributed by atoms with Gasteiger partial charge in [-0.05, 0) is 48.7 Å². The van der Waals surface area contributed by atoms with E-state index in [-0.39, 0.29) is 0 Å². The molecule has 0 saturated carbocycles. The molecule has 0 saturated heterocycles. The van der Waals surface area contributed by atoms with Crippen LogP contribution in [0.25, 0.3) is 11.3 Å². The highest BCUT2D eigenvalue weighted by Gasteiger charge is 2.08. The summed E-state index contributed by atoms with van der Waals surface area (Å²) in [5.41, 5.74) is 9.57. The van der Waals surface area contributed by atoms with Crippen LogP contribution in [0.15, 0.2) is 77.2 Å². The zero-order chi connectivity index (χ0) is 22.3. The van der Waals surface area contributed by atoms with Crippen LogP contribution in [0.5, 0.6) is 11.5 Å². The van der Waals surface area contributed by atoms with Crippen LogP contribution in [0.1, 0.15) is 22.3 Å². The van der Waals surface area contributed by atoms with Gasteiger partial charge in [0.05, 0.1) is 19.0 Å². The summed E-state index contributed by atoms with van der Waals surface area (Å²) in [5, 5.41) is 7.11. The Bertz CT molecular complexity index is 1220. The number of methoxy groups -OCH3 is 1. The summed E-state index contributed by atoms with van der Waals surface area (Å²) in [6.45, 7) is 4.68. The molecule has 0 atom stereocenters. The van der Waals surface area contributed by atoms with Gasteiger partial charge in [-0.2, -0.15) is 5.10 Å². The van der Waals surface area contributed by atoms with E-state index < -0.39 is 0 Å². The lowest BCUT2D eigenvalue weighted by molar-refractivity contribution is 0.284. The second kappa shape index (κ2) is 10.1. The van der Waals surface area contributed by atoms with Crippen LogP contribution in [0.2, 0.25) is 0 Å². The summed E-state index contributed by atoms with van der Waals surface area (Å²) in [7, 11) is 1.63. The molecule has 4 aromatic rings. The lowest BCUT2D eigenvalue weighted by Crippen LogP contribution is -1.98. The van der Waals surface area contributed by atoms with E-state index in [1.807, 2.05) is 53.9 Å². The van der Waals surface area contributed by atoms with E-state index in [9.17, 15) is 0 Å². The highest BCUT2D eigenvalue weighted by Crippen LogP contribution is 2.29. The minimum Gasteiger partial charge on any atom is -0.493 e. The van der Waals surface area contributed by atoms with Gasteiger partial charge in [0.2, 0.25) is 5.13 Å². The Hall–Kier alpha value is -3.64. The first kappa shape index (κ1) is 21.6. The lowest BCUT2D eigenvalue weighted by atomic mass is 10.0. The molecule has 3 aromatic carbocycles. The van der Waals surface area contributed by atoms with Crippen molar-refractivity contribution < 1.29 is 9.47 Å². The number of hydrogen-bond donors (Lipinski definition) is 1. The van der Waals surface area contributed by atoms with Crippen molar-refractivity contribution in [3.8, 4) is 22.8 Å². The van der Waals surface area contributed by atoms with Gasteiger partial charge in [0.15, 0.2) is 11.5 Å². The molecule has 0 radical (unpaired) electrons. The number of thiazole rings is 1. The maximum absolute atomic E-state index is 5.91. The van der Waals surface area contributed by atoms with Crippen molar-refractivity contribution in [3.05, 3.63) is 94.4 Å². The Morgan fingerprint density at radius 3 is 2.62 bits per heavy atom. The molecule has 1 N–H and O–H groups in total. The monoisotopic (exact) mass is 443 g/mol. The largest absolute Gasteiger partial charge is 0.493 e. The van der Waals surface area contributed by atoms with Gasteiger partial charge in [-0.1, -0.05) is 54.1 Å². The molecular formula is C26H25N3O2S. The zero-order valence-electron chi connectivity index (χ0n) is 18.3. The van der Waals surface area contributed by atoms with Crippen molar-refractivity contribution in [1.82, 2.24) is 4.98 Å². The second-order valence-corrected chi connectivity index (χ2v) is 8.27. The summed E-state index contributed by atoms with van der Waals surface area (Å²) < 4.78 is 11.4. The van der Waals surface area contributed by atoms with Gasteiger partial charge in [0.25, 0.3) is 0 Å². The zero-order valence-corrected chi connectivity index (χ0v) is 19.1. The fraction of sp³-hybridized carbons (Fsp3) is 0.154. The molecule has 0 fully saturated rings. The number of hydrazone groups is 1. The van der Waals surface area contributed by atoms with Crippen molar-refractivity contribution >= 4 is 22.7 Å². The normalized spacial score (nSPS) is 11.0. The van der Waals surface area contributed by atoms with Crippen LogP contribution in [-0.2, 0) is 6.61 Å². The Balaban J connectivity index is 1.40. The Morgan fingerprint density at radius 2 is 1.84 bits per heavy atom. The highest BCUT2D eigenvalue weighted by atomic mass is 32.1. The summed E-state index contributed by atoms with van der Waals surface area (Å²) in [4.78, 5) is 4.65. The van der Waals surface area contributed by atoms with Gasteiger partial charge < -0.3 is 9.47 Å². The van der Waals surface area contributed by atoms with Crippen molar-refractivity contribution in [2.24, 2.45) is 5.10 Å². The average Bonchev–Trinajstić information content (AvgIpc) is 3.27. The molecule has 162 valence electrons. The molecule has 1 heterocycles. The van der Waals surface area contributed by atoms with Crippen molar-refractivity contribution in [2.45, 2.75) is 20.5 Å². The van der Waals surface area contributed by atoms with Gasteiger partial charge in [-0.15, -0.1) is 11.3 Å². The van der Waals surface area contributed by atoms with Crippen LogP contribution in [0, 0.1) is 13.8 Å². The number of nitrogens with zero attached hydrogens (tertiary/aromatic N) is 2. The van der Waals surface area contributed by atoms with Crippen LogP contribution < -0.4 is 14.9 Å². The Morgan fingerprint density at radius 1 is 1.00 bits per heavy atom. The van der Waals surface area contributed by atoms with Gasteiger partial charge in [-0.3, -0.25) is 5.43 Å². The van der Waals surface area contributed by atoms with Crippen molar-refractivity contribution in [2.75, 3.05) is 12.5 Å². The minimum absolute atomic E-state index is 0.485. The maximum atomic E-state index is 5.91. The third-order valence-electron chi connectivity index (χ3n) is 4.96. The summed E-state index contributed by atoms with van der Waals surface area (Å²) in [6.07, 6.45) is 1.74. The molecule has 0 aliphatic heterocycles. The second-order valence-electron chi connectivity index (χ2n) is 7.41. The SMILES string of the molecule is COc1cc(/C=N\Nc2nc(-c3ccc(C)cc3C)cs2)ccc1OCc1ccccc1. The number of ether oxygens (including phenoxy) is 2. The number of benzene rings is 3. The molecule has 4 rings (SSSR count). The highest BCUT2D eigenvalue weighted by molar-refractivity contribution is 7.14. The number of hydrogen-bond acceptors (Lipinski definition) is 6. The maximum Gasteiger partial charge on any atom is 0.203 e. The predicted octanol–water partition coefficient (Wildman–Crippen LogP) is 6.46. The molecule has 0 unspecified atom stereocenters. The molecule has 0 amide bonds. The number of aromatic nitrogens is 1. The van der Waals surface area contributed by atoms with Gasteiger partial charge in [0.1, 0.15) is 6.61 Å². The first-order chi connectivity index (χ1) is 15.6.